The summed E-state index contributed by atoms with van der Waals surface area (Å²) >= 11 is 13.3. The van der Waals surface area contributed by atoms with E-state index in [0.717, 1.165) is 17.0 Å². The number of carbonyl (C=O) groups is 1. The van der Waals surface area contributed by atoms with Gasteiger partial charge in [0, 0.05) is 11.4 Å². The number of hydrogen-bond acceptors (Lipinski definition) is 5. The van der Waals surface area contributed by atoms with Crippen LogP contribution >= 0.6 is 35.0 Å². The summed E-state index contributed by atoms with van der Waals surface area (Å²) < 4.78 is 7.97. The van der Waals surface area contributed by atoms with Crippen LogP contribution in [0.5, 0.6) is 5.75 Å². The number of rotatable bonds is 8. The van der Waals surface area contributed by atoms with Crippen molar-refractivity contribution in [3.8, 4) is 11.4 Å². The van der Waals surface area contributed by atoms with Crippen molar-refractivity contribution in [2.75, 3.05) is 11.1 Å². The summed E-state index contributed by atoms with van der Waals surface area (Å²) in [6, 6.07) is 21.1. The molecule has 37 heavy (non-hydrogen) atoms. The third kappa shape index (κ3) is 7.06. The number of hydrogen-bond donors (Lipinski definition) is 1. The van der Waals surface area contributed by atoms with Crippen molar-refractivity contribution in [2.45, 2.75) is 44.9 Å². The van der Waals surface area contributed by atoms with Crippen LogP contribution in [-0.4, -0.2) is 26.4 Å². The van der Waals surface area contributed by atoms with E-state index >= 15 is 0 Å². The van der Waals surface area contributed by atoms with E-state index in [-0.39, 0.29) is 23.7 Å². The zero-order valence-electron chi connectivity index (χ0n) is 21.1. The molecule has 0 saturated carbocycles. The minimum absolute atomic E-state index is 0.0718. The minimum Gasteiger partial charge on any atom is -0.486 e. The van der Waals surface area contributed by atoms with Crippen LogP contribution < -0.4 is 10.1 Å². The van der Waals surface area contributed by atoms with Gasteiger partial charge in [-0.2, -0.15) is 0 Å². The molecule has 192 valence electrons. The van der Waals surface area contributed by atoms with Crippen LogP contribution in [0.2, 0.25) is 10.0 Å². The van der Waals surface area contributed by atoms with E-state index in [4.69, 9.17) is 27.9 Å². The molecule has 1 heterocycles. The lowest BCUT2D eigenvalue weighted by molar-refractivity contribution is -0.113. The molecule has 0 aliphatic rings. The van der Waals surface area contributed by atoms with E-state index in [9.17, 15) is 4.79 Å². The maximum Gasteiger partial charge on any atom is 0.234 e. The van der Waals surface area contributed by atoms with Gasteiger partial charge in [0.1, 0.15) is 12.4 Å². The average Bonchev–Trinajstić information content (AvgIpc) is 3.27. The molecule has 1 aromatic heterocycles. The normalized spacial score (nSPS) is 11.4. The number of nitrogens with one attached hydrogen (secondary N) is 1. The first-order valence-electron chi connectivity index (χ1n) is 11.7. The van der Waals surface area contributed by atoms with Crippen molar-refractivity contribution in [3.63, 3.8) is 0 Å². The molecule has 0 spiro atoms. The lowest BCUT2D eigenvalue weighted by Crippen LogP contribution is -2.15. The smallest absolute Gasteiger partial charge is 0.234 e. The molecule has 6 nitrogen and oxygen atoms in total. The molecule has 0 bridgehead atoms. The summed E-state index contributed by atoms with van der Waals surface area (Å²) in [7, 11) is 0. The van der Waals surface area contributed by atoms with Gasteiger partial charge in [-0.3, -0.25) is 9.36 Å². The number of aryl methyl sites for hydroxylation is 1. The first kappa shape index (κ1) is 27.0. The van der Waals surface area contributed by atoms with E-state index < -0.39 is 0 Å². The van der Waals surface area contributed by atoms with Crippen LogP contribution in [0.25, 0.3) is 5.69 Å². The highest BCUT2D eigenvalue weighted by Crippen LogP contribution is 2.27. The third-order valence-corrected chi connectivity index (χ3v) is 7.28. The predicted octanol–water partition coefficient (Wildman–Crippen LogP) is 7.49. The Labute approximate surface area is 231 Å². The molecule has 1 N–H and O–H groups in total. The highest BCUT2D eigenvalue weighted by molar-refractivity contribution is 7.99. The second-order valence-electron chi connectivity index (χ2n) is 9.60. The van der Waals surface area contributed by atoms with Crippen molar-refractivity contribution in [1.29, 1.82) is 0 Å². The number of halogens is 2. The van der Waals surface area contributed by atoms with Gasteiger partial charge in [0.25, 0.3) is 0 Å². The number of aromatic nitrogens is 3. The fourth-order valence-electron chi connectivity index (χ4n) is 3.54. The summed E-state index contributed by atoms with van der Waals surface area (Å²) in [5.41, 5.74) is 3.92. The van der Waals surface area contributed by atoms with Crippen LogP contribution in [0.3, 0.4) is 0 Å². The largest absolute Gasteiger partial charge is 0.486 e. The summed E-state index contributed by atoms with van der Waals surface area (Å²) in [5.74, 6) is 1.33. The van der Waals surface area contributed by atoms with Gasteiger partial charge < -0.3 is 10.1 Å². The Bertz CT molecular complexity index is 1380. The van der Waals surface area contributed by atoms with E-state index in [1.54, 1.807) is 18.2 Å². The van der Waals surface area contributed by atoms with Crippen LogP contribution in [0, 0.1) is 6.92 Å². The van der Waals surface area contributed by atoms with Crippen molar-refractivity contribution in [3.05, 3.63) is 93.7 Å². The Morgan fingerprint density at radius 3 is 2.32 bits per heavy atom. The number of anilines is 1. The molecule has 9 heteroatoms. The second-order valence-corrected chi connectivity index (χ2v) is 11.4. The summed E-state index contributed by atoms with van der Waals surface area (Å²) in [4.78, 5) is 12.6. The van der Waals surface area contributed by atoms with Gasteiger partial charge in [-0.15, -0.1) is 10.2 Å². The molecule has 4 aromatic rings. The van der Waals surface area contributed by atoms with Gasteiger partial charge in [-0.05, 0) is 60.4 Å². The zero-order valence-corrected chi connectivity index (χ0v) is 23.4. The van der Waals surface area contributed by atoms with Crippen molar-refractivity contribution in [1.82, 2.24) is 14.8 Å². The molecule has 0 radical (unpaired) electrons. The van der Waals surface area contributed by atoms with Crippen LogP contribution in [0.4, 0.5) is 5.69 Å². The minimum atomic E-state index is -0.196. The number of thioether (sulfide) groups is 1. The molecule has 0 atom stereocenters. The van der Waals surface area contributed by atoms with Crippen molar-refractivity contribution < 1.29 is 9.53 Å². The Morgan fingerprint density at radius 1 is 0.973 bits per heavy atom. The number of amides is 1. The quantitative estimate of drug-likeness (QED) is 0.228. The Hall–Kier alpha value is -3.00. The molecule has 3 aromatic carbocycles. The standard InChI is InChI=1S/C28H28Cl2N4O2S/c1-18-5-10-21(11-6-18)34-25(16-36-22-12-7-19(8-13-22)28(2,3)4)32-33-27(34)37-17-26(35)31-20-9-14-23(29)24(30)15-20/h5-15H,16-17H2,1-4H3,(H,31,35). The summed E-state index contributed by atoms with van der Waals surface area (Å²) in [5, 5.41) is 13.0. The lowest BCUT2D eigenvalue weighted by atomic mass is 9.87. The zero-order chi connectivity index (χ0) is 26.6. The summed E-state index contributed by atoms with van der Waals surface area (Å²) in [6.45, 7) is 8.79. The van der Waals surface area contributed by atoms with Gasteiger partial charge in [0.15, 0.2) is 11.0 Å². The van der Waals surface area contributed by atoms with Crippen LogP contribution in [0.1, 0.15) is 37.7 Å². The van der Waals surface area contributed by atoms with E-state index in [1.807, 2.05) is 47.9 Å². The van der Waals surface area contributed by atoms with Gasteiger partial charge in [0.2, 0.25) is 5.91 Å². The predicted molar refractivity (Wildman–Crippen MR) is 151 cm³/mol. The summed E-state index contributed by atoms with van der Waals surface area (Å²) in [6.07, 6.45) is 0. The highest BCUT2D eigenvalue weighted by atomic mass is 35.5. The lowest BCUT2D eigenvalue weighted by Gasteiger charge is -2.19. The average molecular weight is 556 g/mol. The number of nitrogens with zero attached hydrogens (tertiary/aromatic N) is 3. The van der Waals surface area contributed by atoms with Crippen LogP contribution in [-0.2, 0) is 16.8 Å². The molecule has 0 unspecified atom stereocenters. The van der Waals surface area contributed by atoms with Gasteiger partial charge in [0.05, 0.1) is 15.8 Å². The number of carbonyl (C=O) groups excluding carboxylic acids is 1. The number of ether oxygens (including phenoxy) is 1. The Balaban J connectivity index is 1.49. The van der Waals surface area contributed by atoms with Crippen LogP contribution in [0.15, 0.2) is 71.9 Å². The number of benzene rings is 3. The fourth-order valence-corrected chi connectivity index (χ4v) is 4.61. The molecule has 4 rings (SSSR count). The maximum atomic E-state index is 12.6. The van der Waals surface area contributed by atoms with Crippen molar-refractivity contribution >= 4 is 46.6 Å². The van der Waals surface area contributed by atoms with E-state index in [0.29, 0.717) is 26.7 Å². The van der Waals surface area contributed by atoms with E-state index in [1.165, 1.54) is 17.3 Å². The van der Waals surface area contributed by atoms with Crippen molar-refractivity contribution in [2.24, 2.45) is 0 Å². The maximum absolute atomic E-state index is 12.6. The first-order chi connectivity index (χ1) is 17.6. The van der Waals surface area contributed by atoms with Gasteiger partial charge >= 0.3 is 0 Å². The van der Waals surface area contributed by atoms with E-state index in [2.05, 4.69) is 48.4 Å². The SMILES string of the molecule is Cc1ccc(-n2c(COc3ccc(C(C)(C)C)cc3)nnc2SCC(=O)Nc2ccc(Cl)c(Cl)c2)cc1. The molecule has 0 aliphatic heterocycles. The molecular weight excluding hydrogens is 527 g/mol. The Kier molecular flexibility index (Phi) is 8.47. The molecular formula is C28H28Cl2N4O2S. The third-order valence-electron chi connectivity index (χ3n) is 5.62. The topological polar surface area (TPSA) is 69.0 Å². The molecule has 0 aliphatic carbocycles. The fraction of sp³-hybridized carbons (Fsp3) is 0.250. The molecule has 0 fully saturated rings. The molecule has 1 amide bonds. The highest BCUT2D eigenvalue weighted by Gasteiger charge is 2.18. The van der Waals surface area contributed by atoms with Gasteiger partial charge in [-0.1, -0.05) is 85.6 Å². The Morgan fingerprint density at radius 2 is 1.68 bits per heavy atom. The first-order valence-corrected chi connectivity index (χ1v) is 13.5. The van der Waals surface area contributed by atoms with Gasteiger partial charge in [-0.25, -0.2) is 0 Å². The molecule has 0 saturated heterocycles. The second kappa shape index (κ2) is 11.6. The monoisotopic (exact) mass is 554 g/mol.